The highest BCUT2D eigenvalue weighted by Crippen LogP contribution is 2.47. The lowest BCUT2D eigenvalue weighted by Gasteiger charge is -2.53. The quantitative estimate of drug-likeness (QED) is 0.0345. The summed E-state index contributed by atoms with van der Waals surface area (Å²) in [5.74, 6) is -9.11. The van der Waals surface area contributed by atoms with Crippen LogP contribution in [0.15, 0.2) is 76.7 Å². The third-order valence-electron chi connectivity index (χ3n) is 13.3. The number of phenolic OH excluding ortho intramolecular Hbond substituents is 1. The molecule has 7 rings (SSSR count). The predicted molar refractivity (Wildman–Crippen MR) is 247 cm³/mol. The van der Waals surface area contributed by atoms with Crippen LogP contribution < -0.4 is 42.6 Å². The van der Waals surface area contributed by atoms with Crippen LogP contribution in [0.5, 0.6) is 17.2 Å². The lowest BCUT2D eigenvalue weighted by molar-refractivity contribution is -0.420. The van der Waals surface area contributed by atoms with Crippen molar-refractivity contribution in [2.75, 3.05) is 40.5 Å². The summed E-state index contributed by atoms with van der Waals surface area (Å²) in [5, 5.41) is 99.9. The maximum atomic E-state index is 15.0. The van der Waals surface area contributed by atoms with Gasteiger partial charge >= 0.3 is 0 Å². The fourth-order valence-electron chi connectivity index (χ4n) is 9.46. The molecular formula is C47H58N8O15. The molecule has 17 N–H and O–H groups in total. The molecule has 0 saturated carbocycles. The number of aliphatic hydroxyl groups excluding tert-OH is 5. The van der Waals surface area contributed by atoms with Gasteiger partial charge in [0.05, 0.1) is 36.8 Å². The minimum atomic E-state index is -3.20. The fourth-order valence-corrected chi connectivity index (χ4v) is 9.46. The van der Waals surface area contributed by atoms with E-state index in [2.05, 4.69) is 20.9 Å². The molecule has 5 aliphatic rings. The van der Waals surface area contributed by atoms with Gasteiger partial charge in [0.1, 0.15) is 41.7 Å². The lowest BCUT2D eigenvalue weighted by atomic mass is 9.73. The molecule has 0 spiro atoms. The number of aromatic hydroxyl groups is 1. The minimum absolute atomic E-state index is 0.0170. The molecule has 0 bridgehead atoms. The normalized spacial score (nSPS) is 26.1. The summed E-state index contributed by atoms with van der Waals surface area (Å²) in [5.41, 5.74) is 14.8. The predicted octanol–water partition coefficient (Wildman–Crippen LogP) is -2.91. The standard InChI is InChI=1S/C47H58N8O15/c1-51-45(50)54-18-28-25(12-22(4-3-11-56)24-5-6-32(48)53-17-24)13-27-37(40(28)62)41(63)38-31(15-30(68-2)29(20-57)36(38)39(27)61)69-44-42(64)43(65)46(66,47(67,21-58)70-44)16-26(23-9-10-52-33(49)14-23)19-55-34(59)7-8-35(55)60/h5-9,13-15,17,22,26,32,42-44,52-53,56-58,62,64-67H,3-4,10-12,16,18-21,48-49H2,1-2H3,(H3,50,51,54)/t22-,26+,32?,42+,43+,44+,46-,47+/m0/s1. The second kappa shape index (κ2) is 20.7. The summed E-state index contributed by atoms with van der Waals surface area (Å²) < 4.78 is 17.3. The molecule has 70 heavy (non-hydrogen) atoms. The van der Waals surface area contributed by atoms with E-state index in [-0.39, 0.29) is 66.3 Å². The zero-order valence-corrected chi connectivity index (χ0v) is 38.3. The van der Waals surface area contributed by atoms with Crippen LogP contribution >= 0.6 is 0 Å². The number of nitrogens with zero attached hydrogens (tertiary/aromatic N) is 2. The number of ether oxygens (including phenoxy) is 3. The number of benzene rings is 2. The maximum absolute atomic E-state index is 15.0. The number of dihydropyridines is 2. The number of nitrogens with one attached hydrogen (secondary N) is 3. The molecule has 2 amide bonds. The highest BCUT2D eigenvalue weighted by molar-refractivity contribution is 6.31. The van der Waals surface area contributed by atoms with Gasteiger partial charge in [0.2, 0.25) is 17.9 Å². The van der Waals surface area contributed by atoms with Crippen molar-refractivity contribution in [3.63, 3.8) is 0 Å². The molecule has 4 aliphatic heterocycles. The first-order valence-electron chi connectivity index (χ1n) is 22.3. The molecule has 376 valence electrons. The van der Waals surface area contributed by atoms with Crippen molar-refractivity contribution in [3.8, 4) is 17.2 Å². The van der Waals surface area contributed by atoms with Crippen LogP contribution in [-0.4, -0.2) is 152 Å². The number of allylic oxidation sites excluding steroid dienone is 3. The van der Waals surface area contributed by atoms with Gasteiger partial charge < -0.3 is 88.2 Å². The second-order valence-corrected chi connectivity index (χ2v) is 17.4. The van der Waals surface area contributed by atoms with Crippen LogP contribution in [0.25, 0.3) is 0 Å². The summed E-state index contributed by atoms with van der Waals surface area (Å²) in [6.45, 7) is -2.84. The van der Waals surface area contributed by atoms with Gasteiger partial charge in [-0.25, -0.2) is 0 Å². The topological polar surface area (TPSA) is 388 Å². The Morgan fingerprint density at radius 1 is 1.00 bits per heavy atom. The van der Waals surface area contributed by atoms with Crippen molar-refractivity contribution >= 4 is 29.3 Å². The van der Waals surface area contributed by atoms with E-state index in [9.17, 15) is 55.2 Å². The molecule has 23 heteroatoms. The monoisotopic (exact) mass is 974 g/mol. The van der Waals surface area contributed by atoms with Gasteiger partial charge in [-0.1, -0.05) is 12.2 Å². The van der Waals surface area contributed by atoms with Crippen LogP contribution in [0.1, 0.15) is 67.8 Å². The molecule has 1 unspecified atom stereocenters. The maximum Gasteiger partial charge on any atom is 0.253 e. The number of methoxy groups -OCH3 is 1. The Bertz CT molecular complexity index is 2610. The number of phenols is 1. The highest BCUT2D eigenvalue weighted by Gasteiger charge is 2.65. The van der Waals surface area contributed by atoms with Crippen LogP contribution in [0.2, 0.25) is 0 Å². The Morgan fingerprint density at radius 2 is 1.73 bits per heavy atom. The number of carbonyl (C=O) groups excluding carboxylic acids is 4. The second-order valence-electron chi connectivity index (χ2n) is 17.4. The number of rotatable bonds is 18. The third kappa shape index (κ3) is 9.49. The van der Waals surface area contributed by atoms with Crippen molar-refractivity contribution in [1.82, 2.24) is 20.9 Å². The molecule has 0 aromatic heterocycles. The number of guanidine groups is 1. The number of imide groups is 1. The molecule has 1 fully saturated rings. The van der Waals surface area contributed by atoms with E-state index in [1.807, 2.05) is 6.08 Å². The van der Waals surface area contributed by atoms with Gasteiger partial charge in [-0.2, -0.15) is 0 Å². The smallest absolute Gasteiger partial charge is 0.253 e. The Morgan fingerprint density at radius 3 is 2.34 bits per heavy atom. The zero-order valence-electron chi connectivity index (χ0n) is 38.3. The van der Waals surface area contributed by atoms with E-state index >= 15 is 4.79 Å². The number of amides is 2. The average Bonchev–Trinajstić information content (AvgIpc) is 3.66. The highest BCUT2D eigenvalue weighted by atomic mass is 16.8. The summed E-state index contributed by atoms with van der Waals surface area (Å²) >= 11 is 0. The Balaban J connectivity index is 1.29. The van der Waals surface area contributed by atoms with Crippen molar-refractivity contribution in [3.05, 3.63) is 111 Å². The van der Waals surface area contributed by atoms with Crippen molar-refractivity contribution in [1.29, 1.82) is 0 Å². The molecule has 8 atom stereocenters. The minimum Gasteiger partial charge on any atom is -0.507 e. The largest absolute Gasteiger partial charge is 0.507 e. The molecule has 23 nitrogen and oxygen atoms in total. The molecule has 1 aliphatic carbocycles. The van der Waals surface area contributed by atoms with Gasteiger partial charge in [-0.15, -0.1) is 0 Å². The zero-order chi connectivity index (χ0) is 50.8. The van der Waals surface area contributed by atoms with Crippen molar-refractivity contribution in [2.24, 2.45) is 34.0 Å². The Labute approximate surface area is 400 Å². The van der Waals surface area contributed by atoms with Crippen LogP contribution in [0.3, 0.4) is 0 Å². The van der Waals surface area contributed by atoms with E-state index in [1.165, 1.54) is 26.3 Å². The average molecular weight is 975 g/mol. The summed E-state index contributed by atoms with van der Waals surface area (Å²) in [6.07, 6.45) is 3.26. The van der Waals surface area contributed by atoms with Crippen LogP contribution in [0, 0.1) is 11.8 Å². The van der Waals surface area contributed by atoms with E-state index in [4.69, 9.17) is 31.4 Å². The van der Waals surface area contributed by atoms with E-state index in [0.717, 1.165) is 28.7 Å². The van der Waals surface area contributed by atoms with Crippen molar-refractivity contribution in [2.45, 2.75) is 74.9 Å². The van der Waals surface area contributed by atoms with Crippen molar-refractivity contribution < 1.29 is 74.2 Å². The van der Waals surface area contributed by atoms with Gasteiger partial charge in [0.15, 0.2) is 11.7 Å². The molecule has 2 aromatic carbocycles. The van der Waals surface area contributed by atoms with Crippen LogP contribution in [0.4, 0.5) is 0 Å². The number of aliphatic imine (C=N–C) groups is 1. The number of carbonyl (C=O) groups is 4. The SMILES string of the molecule is CN=C(N)NCc1c(C[C@H](CCCO)C2=CNC(N)C=C2)cc2c(c1O)C(=O)c1c(O[C@@H]3O[C@](O)(CO)[C@](O)(C[C@H](CN4C(=O)C=CC4=O)C4=CCNC(N)=C4)[C@H](O)[C@H]3O)cc(OC)c(CO)c1C2=O. The number of nitrogens with two attached hydrogens (primary N) is 3. The summed E-state index contributed by atoms with van der Waals surface area (Å²) in [7, 11) is 2.63. The summed E-state index contributed by atoms with van der Waals surface area (Å²) in [4.78, 5) is 60.0. The first kappa shape index (κ1) is 51.2. The Kier molecular flexibility index (Phi) is 15.2. The first-order chi connectivity index (χ1) is 33.3. The van der Waals surface area contributed by atoms with Gasteiger partial charge in [-0.05, 0) is 66.5 Å². The van der Waals surface area contributed by atoms with Gasteiger partial charge in [0.25, 0.3) is 11.8 Å². The number of fused-ring (bicyclic) bond motifs is 2. The molecule has 2 aromatic rings. The lowest BCUT2D eigenvalue weighted by Crippen LogP contribution is -2.75. The molecule has 1 saturated heterocycles. The molecule has 0 radical (unpaired) electrons. The van der Waals surface area contributed by atoms with E-state index in [1.54, 1.807) is 18.4 Å². The molecule has 4 heterocycles. The van der Waals surface area contributed by atoms with E-state index < -0.39 is 120 Å². The first-order valence-corrected chi connectivity index (χ1v) is 22.3. The summed E-state index contributed by atoms with van der Waals surface area (Å²) in [6, 6.07) is 2.52. The Hall–Kier alpha value is -6.67. The van der Waals surface area contributed by atoms with Gasteiger partial charge in [0, 0.05) is 85.9 Å². The van der Waals surface area contributed by atoms with Crippen LogP contribution in [-0.2, 0) is 33.9 Å². The third-order valence-corrected chi connectivity index (χ3v) is 13.3. The van der Waals surface area contributed by atoms with Gasteiger partial charge in [-0.3, -0.25) is 29.1 Å². The number of hydrogen-bond acceptors (Lipinski definition) is 20. The molecular weight excluding hydrogens is 917 g/mol. The fraction of sp³-hybridized carbons (Fsp3) is 0.426. The van der Waals surface area contributed by atoms with E-state index in [0.29, 0.717) is 24.0 Å². The number of hydrogen-bond donors (Lipinski definition) is 14. The number of ketones is 2. The number of aliphatic hydroxyl groups is 7.